The molecule has 0 N–H and O–H groups in total. The number of aryl methyl sites for hydroxylation is 1. The highest BCUT2D eigenvalue weighted by Crippen LogP contribution is 2.25. The third-order valence-corrected chi connectivity index (χ3v) is 5.73. The summed E-state index contributed by atoms with van der Waals surface area (Å²) in [5.41, 5.74) is 5.39. The SMILES string of the molecule is Cc1cc(Cc2ccccc2Cl)cc(C2CN(Cc3cnc(N(C)C)nc3)CCO2)n1. The van der Waals surface area contributed by atoms with E-state index in [0.717, 1.165) is 59.5 Å². The van der Waals surface area contributed by atoms with Crippen molar-refractivity contribution < 1.29 is 4.74 Å². The highest BCUT2D eigenvalue weighted by molar-refractivity contribution is 6.31. The lowest BCUT2D eigenvalue weighted by molar-refractivity contribution is -0.0351. The molecule has 0 bridgehead atoms. The van der Waals surface area contributed by atoms with E-state index in [2.05, 4.69) is 33.1 Å². The summed E-state index contributed by atoms with van der Waals surface area (Å²) in [7, 11) is 3.88. The minimum absolute atomic E-state index is 0.0550. The second kappa shape index (κ2) is 9.73. The molecule has 1 atom stereocenters. The maximum Gasteiger partial charge on any atom is 0.224 e. The van der Waals surface area contributed by atoms with Crippen molar-refractivity contribution in [2.45, 2.75) is 26.0 Å². The van der Waals surface area contributed by atoms with Crippen LogP contribution < -0.4 is 4.90 Å². The summed E-state index contributed by atoms with van der Waals surface area (Å²) in [4.78, 5) is 17.9. The fraction of sp³-hybridized carbons (Fsp3) is 0.375. The first kappa shape index (κ1) is 21.7. The van der Waals surface area contributed by atoms with E-state index in [1.165, 1.54) is 5.56 Å². The van der Waals surface area contributed by atoms with Crippen molar-refractivity contribution in [2.24, 2.45) is 0 Å². The molecule has 3 aromatic rings. The van der Waals surface area contributed by atoms with E-state index in [-0.39, 0.29) is 6.10 Å². The largest absolute Gasteiger partial charge is 0.369 e. The van der Waals surface area contributed by atoms with Gasteiger partial charge in [0.25, 0.3) is 0 Å². The number of benzene rings is 1. The van der Waals surface area contributed by atoms with Crippen molar-refractivity contribution in [1.29, 1.82) is 0 Å². The van der Waals surface area contributed by atoms with Crippen LogP contribution in [0.25, 0.3) is 0 Å². The zero-order chi connectivity index (χ0) is 21.8. The molecule has 0 radical (unpaired) electrons. The topological polar surface area (TPSA) is 54.4 Å². The molecule has 1 aliphatic rings. The number of rotatable bonds is 6. The lowest BCUT2D eigenvalue weighted by atomic mass is 10.0. The third kappa shape index (κ3) is 5.58. The van der Waals surface area contributed by atoms with E-state index in [4.69, 9.17) is 21.3 Å². The Hall–Kier alpha value is -2.54. The summed E-state index contributed by atoms with van der Waals surface area (Å²) in [6, 6.07) is 12.3. The van der Waals surface area contributed by atoms with E-state index < -0.39 is 0 Å². The molecule has 3 heterocycles. The van der Waals surface area contributed by atoms with Gasteiger partial charge in [-0.3, -0.25) is 9.88 Å². The molecule has 4 rings (SSSR count). The predicted molar refractivity (Wildman–Crippen MR) is 124 cm³/mol. The Labute approximate surface area is 188 Å². The van der Waals surface area contributed by atoms with Gasteiger partial charge >= 0.3 is 0 Å². The van der Waals surface area contributed by atoms with Gasteiger partial charge in [0.15, 0.2) is 0 Å². The average Bonchev–Trinajstić information content (AvgIpc) is 2.76. The van der Waals surface area contributed by atoms with Crippen LogP contribution in [-0.2, 0) is 17.7 Å². The van der Waals surface area contributed by atoms with Crippen LogP contribution in [0.1, 0.15) is 34.2 Å². The Morgan fingerprint density at radius 3 is 2.65 bits per heavy atom. The Morgan fingerprint density at radius 2 is 1.90 bits per heavy atom. The summed E-state index contributed by atoms with van der Waals surface area (Å²) in [5.74, 6) is 0.721. The smallest absolute Gasteiger partial charge is 0.224 e. The number of morpholine rings is 1. The molecule has 7 heteroatoms. The summed E-state index contributed by atoms with van der Waals surface area (Å²) in [6.45, 7) is 5.17. The fourth-order valence-electron chi connectivity index (χ4n) is 3.84. The standard InChI is InChI=1S/C24H28ClN5O/c1-17-10-18(11-20-6-4-5-7-21(20)25)12-22(28-17)23-16-30(8-9-31-23)15-19-13-26-24(27-14-19)29(2)3/h4-7,10,12-14,23H,8-9,11,15-16H2,1-3H3. The number of nitrogens with zero attached hydrogens (tertiary/aromatic N) is 5. The van der Waals surface area contributed by atoms with E-state index in [0.29, 0.717) is 6.61 Å². The van der Waals surface area contributed by atoms with Gasteiger partial charge in [-0.05, 0) is 42.7 Å². The summed E-state index contributed by atoms with van der Waals surface area (Å²) < 4.78 is 6.10. The van der Waals surface area contributed by atoms with Crippen LogP contribution in [0, 0.1) is 6.92 Å². The number of hydrogen-bond donors (Lipinski definition) is 0. The minimum Gasteiger partial charge on any atom is -0.369 e. The molecule has 0 aliphatic carbocycles. The van der Waals surface area contributed by atoms with Crippen LogP contribution in [0.2, 0.25) is 5.02 Å². The lowest BCUT2D eigenvalue weighted by Crippen LogP contribution is -2.38. The zero-order valence-electron chi connectivity index (χ0n) is 18.3. The Morgan fingerprint density at radius 1 is 1.13 bits per heavy atom. The van der Waals surface area contributed by atoms with Crippen molar-refractivity contribution in [2.75, 3.05) is 38.7 Å². The number of halogens is 1. The molecule has 0 spiro atoms. The predicted octanol–water partition coefficient (Wildman–Crippen LogP) is 4.06. The van der Waals surface area contributed by atoms with Crippen molar-refractivity contribution in [1.82, 2.24) is 19.9 Å². The van der Waals surface area contributed by atoms with Gasteiger partial charge in [-0.2, -0.15) is 0 Å². The summed E-state index contributed by atoms with van der Waals surface area (Å²) in [5, 5.41) is 0.793. The molecule has 162 valence electrons. The first-order valence-electron chi connectivity index (χ1n) is 10.5. The first-order chi connectivity index (χ1) is 15.0. The number of hydrogen-bond acceptors (Lipinski definition) is 6. The summed E-state index contributed by atoms with van der Waals surface area (Å²) >= 11 is 6.37. The molecule has 1 fully saturated rings. The molecule has 1 unspecified atom stereocenters. The number of anilines is 1. The molecular weight excluding hydrogens is 410 g/mol. The van der Waals surface area contributed by atoms with Crippen LogP contribution in [-0.4, -0.2) is 53.6 Å². The third-order valence-electron chi connectivity index (χ3n) is 5.36. The van der Waals surface area contributed by atoms with Crippen molar-refractivity contribution >= 4 is 17.5 Å². The molecule has 1 saturated heterocycles. The summed E-state index contributed by atoms with van der Waals surface area (Å²) in [6.07, 6.45) is 4.53. The Kier molecular flexibility index (Phi) is 6.80. The normalized spacial score (nSPS) is 17.0. The molecule has 6 nitrogen and oxygen atoms in total. The molecule has 0 amide bonds. The van der Waals surface area contributed by atoms with Crippen molar-refractivity contribution in [3.8, 4) is 0 Å². The maximum atomic E-state index is 6.37. The van der Waals surface area contributed by atoms with Gasteiger partial charge in [0.2, 0.25) is 5.95 Å². The van der Waals surface area contributed by atoms with Crippen molar-refractivity contribution in [3.63, 3.8) is 0 Å². The van der Waals surface area contributed by atoms with Gasteiger partial charge in [-0.15, -0.1) is 0 Å². The Balaban J connectivity index is 1.46. The maximum absolute atomic E-state index is 6.37. The molecule has 0 saturated carbocycles. The molecule has 31 heavy (non-hydrogen) atoms. The zero-order valence-corrected chi connectivity index (χ0v) is 19.0. The molecular formula is C24H28ClN5O. The van der Waals surface area contributed by atoms with Crippen LogP contribution >= 0.6 is 11.6 Å². The van der Waals surface area contributed by atoms with E-state index in [9.17, 15) is 0 Å². The van der Waals surface area contributed by atoms with Gasteiger partial charge < -0.3 is 9.64 Å². The quantitative estimate of drug-likeness (QED) is 0.579. The van der Waals surface area contributed by atoms with E-state index >= 15 is 0 Å². The molecule has 1 aromatic carbocycles. The van der Waals surface area contributed by atoms with Gasteiger partial charge in [0, 0.05) is 62.4 Å². The Bertz CT molecular complexity index is 1020. The number of aromatic nitrogens is 3. The molecule has 1 aliphatic heterocycles. The van der Waals surface area contributed by atoms with E-state index in [1.807, 2.05) is 56.5 Å². The van der Waals surface area contributed by atoms with Gasteiger partial charge in [0.1, 0.15) is 6.10 Å². The van der Waals surface area contributed by atoms with Gasteiger partial charge in [-0.1, -0.05) is 29.8 Å². The molecule has 2 aromatic heterocycles. The highest BCUT2D eigenvalue weighted by Gasteiger charge is 2.24. The van der Waals surface area contributed by atoms with Crippen molar-refractivity contribution in [3.05, 3.63) is 81.9 Å². The van der Waals surface area contributed by atoms with Gasteiger partial charge in [0.05, 0.1) is 12.3 Å². The second-order valence-corrected chi connectivity index (χ2v) is 8.60. The van der Waals surface area contributed by atoms with Gasteiger partial charge in [-0.25, -0.2) is 9.97 Å². The lowest BCUT2D eigenvalue weighted by Gasteiger charge is -2.32. The number of ether oxygens (including phenoxy) is 1. The minimum atomic E-state index is -0.0550. The van der Waals surface area contributed by atoms with Crippen LogP contribution in [0.15, 0.2) is 48.8 Å². The van der Waals surface area contributed by atoms with Crippen LogP contribution in [0.5, 0.6) is 0 Å². The first-order valence-corrected chi connectivity index (χ1v) is 10.9. The monoisotopic (exact) mass is 437 g/mol. The average molecular weight is 438 g/mol. The van der Waals surface area contributed by atoms with E-state index in [1.54, 1.807) is 0 Å². The fourth-order valence-corrected chi connectivity index (χ4v) is 4.04. The van der Waals surface area contributed by atoms with Crippen LogP contribution in [0.3, 0.4) is 0 Å². The number of pyridine rings is 1. The second-order valence-electron chi connectivity index (χ2n) is 8.19. The highest BCUT2D eigenvalue weighted by atomic mass is 35.5. The van der Waals surface area contributed by atoms with Crippen LogP contribution in [0.4, 0.5) is 5.95 Å².